The molecule has 1 aromatic heterocycles. The number of carbonyl (C=O) groups excluding carboxylic acids is 2. The van der Waals surface area contributed by atoms with E-state index in [4.69, 9.17) is 16.3 Å². The Bertz CT molecular complexity index is 990. The van der Waals surface area contributed by atoms with Gasteiger partial charge in [-0.25, -0.2) is 9.78 Å². The largest absolute Gasteiger partial charge is 0.451 e. The zero-order valence-electron chi connectivity index (χ0n) is 16.0. The van der Waals surface area contributed by atoms with Crippen LogP contribution in [0.1, 0.15) is 29.0 Å². The molecule has 0 aliphatic heterocycles. The fraction of sp³-hybridized carbons (Fsp3) is 0.190. The lowest BCUT2D eigenvalue weighted by Gasteiger charge is -2.15. The number of imidazole rings is 1. The average molecular weight is 430 g/mol. The first-order chi connectivity index (χ1) is 14.0. The van der Waals surface area contributed by atoms with Gasteiger partial charge in [-0.3, -0.25) is 9.36 Å². The lowest BCUT2D eigenvalue weighted by Crippen LogP contribution is -2.31. The normalized spacial score (nSPS) is 11.7. The molecule has 2 aromatic carbocycles. The molecule has 0 aliphatic rings. The Hall–Kier alpha value is -2.77. The lowest BCUT2D eigenvalue weighted by molar-refractivity contribution is -0.124. The van der Waals surface area contributed by atoms with Crippen molar-refractivity contribution < 1.29 is 14.3 Å². The molecule has 1 atom stereocenters. The van der Waals surface area contributed by atoms with Crippen LogP contribution in [0.5, 0.6) is 0 Å². The maximum absolute atomic E-state index is 12.6. The second-order valence-electron chi connectivity index (χ2n) is 6.22. The minimum Gasteiger partial charge on any atom is -0.451 e. The van der Waals surface area contributed by atoms with E-state index in [0.29, 0.717) is 10.2 Å². The number of halogens is 1. The van der Waals surface area contributed by atoms with Crippen molar-refractivity contribution in [2.75, 3.05) is 12.9 Å². The molecular formula is C21H20ClN3O3S. The Kier molecular flexibility index (Phi) is 6.95. The number of carbonyl (C=O) groups is 2. The molecule has 0 saturated carbocycles. The molecule has 3 rings (SSSR count). The molecule has 0 bridgehead atoms. The first-order valence-electron chi connectivity index (χ1n) is 8.88. The van der Waals surface area contributed by atoms with Crippen LogP contribution in [0.3, 0.4) is 0 Å². The molecule has 0 aliphatic carbocycles. The predicted octanol–water partition coefficient (Wildman–Crippen LogP) is 4.28. The van der Waals surface area contributed by atoms with Crippen molar-refractivity contribution in [3.63, 3.8) is 0 Å². The number of hydrogen-bond donors (Lipinski definition) is 1. The topological polar surface area (TPSA) is 73.2 Å². The average Bonchev–Trinajstić information content (AvgIpc) is 3.17. The molecule has 0 saturated heterocycles. The van der Waals surface area contributed by atoms with E-state index in [1.54, 1.807) is 16.7 Å². The lowest BCUT2D eigenvalue weighted by atomic mass is 10.1. The minimum absolute atomic E-state index is 0.239. The Morgan fingerprint density at radius 1 is 1.17 bits per heavy atom. The van der Waals surface area contributed by atoms with E-state index in [2.05, 4.69) is 10.3 Å². The van der Waals surface area contributed by atoms with E-state index in [9.17, 15) is 9.59 Å². The third-order valence-corrected chi connectivity index (χ3v) is 5.12. The number of nitrogens with zero attached hydrogens (tertiary/aromatic N) is 2. The third kappa shape index (κ3) is 5.19. The monoisotopic (exact) mass is 429 g/mol. The molecule has 0 radical (unpaired) electrons. The molecule has 29 heavy (non-hydrogen) atoms. The number of thioether (sulfide) groups is 1. The summed E-state index contributed by atoms with van der Waals surface area (Å²) >= 11 is 7.30. The van der Waals surface area contributed by atoms with Crippen LogP contribution in [0.4, 0.5) is 0 Å². The first-order valence-corrected chi connectivity index (χ1v) is 10.5. The highest BCUT2D eigenvalue weighted by Crippen LogP contribution is 2.22. The van der Waals surface area contributed by atoms with E-state index in [-0.39, 0.29) is 18.3 Å². The van der Waals surface area contributed by atoms with E-state index >= 15 is 0 Å². The maximum atomic E-state index is 12.6. The smallest absolute Gasteiger partial charge is 0.357 e. The van der Waals surface area contributed by atoms with Crippen molar-refractivity contribution in [3.05, 3.63) is 77.1 Å². The van der Waals surface area contributed by atoms with Crippen LogP contribution >= 0.6 is 23.4 Å². The van der Waals surface area contributed by atoms with Crippen LogP contribution < -0.4 is 5.32 Å². The van der Waals surface area contributed by atoms with Gasteiger partial charge >= 0.3 is 5.97 Å². The van der Waals surface area contributed by atoms with Crippen LogP contribution in [-0.2, 0) is 9.53 Å². The molecule has 1 heterocycles. The van der Waals surface area contributed by atoms with E-state index < -0.39 is 11.9 Å². The van der Waals surface area contributed by atoms with Gasteiger partial charge in [-0.05, 0) is 43.0 Å². The molecule has 1 amide bonds. The van der Waals surface area contributed by atoms with Crippen molar-refractivity contribution in [1.82, 2.24) is 14.9 Å². The van der Waals surface area contributed by atoms with Gasteiger partial charge in [-0.1, -0.05) is 53.7 Å². The Balaban J connectivity index is 1.64. The fourth-order valence-electron chi connectivity index (χ4n) is 2.77. The molecule has 6 nitrogen and oxygen atoms in total. The molecule has 0 fully saturated rings. The van der Waals surface area contributed by atoms with Gasteiger partial charge in [-0.2, -0.15) is 0 Å². The van der Waals surface area contributed by atoms with Gasteiger partial charge in [0.15, 0.2) is 17.5 Å². The van der Waals surface area contributed by atoms with Gasteiger partial charge in [0, 0.05) is 10.7 Å². The highest BCUT2D eigenvalue weighted by molar-refractivity contribution is 7.98. The Labute approximate surface area is 178 Å². The Morgan fingerprint density at radius 2 is 1.86 bits per heavy atom. The third-order valence-electron chi connectivity index (χ3n) is 4.22. The van der Waals surface area contributed by atoms with Crippen LogP contribution in [-0.4, -0.2) is 34.3 Å². The summed E-state index contributed by atoms with van der Waals surface area (Å²) in [6, 6.07) is 16.3. The van der Waals surface area contributed by atoms with Gasteiger partial charge < -0.3 is 10.1 Å². The highest BCUT2D eigenvalue weighted by Gasteiger charge is 2.20. The van der Waals surface area contributed by atoms with Gasteiger partial charge in [0.2, 0.25) is 0 Å². The van der Waals surface area contributed by atoms with Crippen LogP contribution in [0.2, 0.25) is 5.02 Å². The number of aromatic nitrogens is 2. The zero-order chi connectivity index (χ0) is 20.8. The number of nitrogens with one attached hydrogen (secondary N) is 1. The molecule has 1 N–H and O–H groups in total. The summed E-state index contributed by atoms with van der Waals surface area (Å²) in [6.07, 6.45) is 3.33. The fourth-order valence-corrected chi connectivity index (χ4v) is 3.44. The van der Waals surface area contributed by atoms with Gasteiger partial charge in [-0.15, -0.1) is 0 Å². The summed E-state index contributed by atoms with van der Waals surface area (Å²) in [4.78, 5) is 29.1. The van der Waals surface area contributed by atoms with Crippen molar-refractivity contribution in [3.8, 4) is 5.69 Å². The van der Waals surface area contributed by atoms with Crippen molar-refractivity contribution in [1.29, 1.82) is 0 Å². The summed E-state index contributed by atoms with van der Waals surface area (Å²) in [5.74, 6) is -1.01. The summed E-state index contributed by atoms with van der Waals surface area (Å²) in [6.45, 7) is 1.46. The van der Waals surface area contributed by atoms with Crippen molar-refractivity contribution in [2.24, 2.45) is 0 Å². The summed E-state index contributed by atoms with van der Waals surface area (Å²) in [5, 5.41) is 4.08. The molecule has 1 unspecified atom stereocenters. The molecule has 8 heteroatoms. The first kappa shape index (κ1) is 21.0. The van der Waals surface area contributed by atoms with E-state index in [1.165, 1.54) is 18.0 Å². The van der Waals surface area contributed by atoms with Crippen LogP contribution in [0, 0.1) is 0 Å². The number of amides is 1. The predicted molar refractivity (Wildman–Crippen MR) is 114 cm³/mol. The zero-order valence-corrected chi connectivity index (χ0v) is 17.5. The number of rotatable bonds is 7. The molecular weight excluding hydrogens is 410 g/mol. The second-order valence-corrected chi connectivity index (χ2v) is 7.43. The van der Waals surface area contributed by atoms with Crippen LogP contribution in [0.15, 0.2) is 66.0 Å². The Morgan fingerprint density at radius 3 is 2.52 bits per heavy atom. The number of para-hydroxylation sites is 1. The number of benzene rings is 2. The van der Waals surface area contributed by atoms with Crippen molar-refractivity contribution in [2.45, 2.75) is 18.1 Å². The van der Waals surface area contributed by atoms with Gasteiger partial charge in [0.1, 0.15) is 0 Å². The molecule has 0 spiro atoms. The van der Waals surface area contributed by atoms with Crippen LogP contribution in [0.25, 0.3) is 5.69 Å². The van der Waals surface area contributed by atoms with Gasteiger partial charge in [0.05, 0.1) is 12.2 Å². The second kappa shape index (κ2) is 9.62. The molecule has 3 aromatic rings. The highest BCUT2D eigenvalue weighted by atomic mass is 35.5. The van der Waals surface area contributed by atoms with Gasteiger partial charge in [0.25, 0.3) is 5.91 Å². The summed E-state index contributed by atoms with van der Waals surface area (Å²) < 4.78 is 6.93. The number of hydrogen-bond acceptors (Lipinski definition) is 5. The maximum Gasteiger partial charge on any atom is 0.357 e. The van der Waals surface area contributed by atoms with E-state index in [0.717, 1.165) is 11.3 Å². The standard InChI is InChI=1S/C21H20ClN3O3S/c1-14(15-8-10-16(22)11-9-15)24-19(26)13-28-20(27)18-12-23-21(29-2)25(18)17-6-4-3-5-7-17/h3-12,14H,13H2,1-2H3,(H,24,26). The summed E-state index contributed by atoms with van der Waals surface area (Å²) in [5.41, 5.74) is 1.96. The quantitative estimate of drug-likeness (QED) is 0.448. The SMILES string of the molecule is CSc1ncc(C(=O)OCC(=O)NC(C)c2ccc(Cl)cc2)n1-c1ccccc1. The van der Waals surface area contributed by atoms with Crippen molar-refractivity contribution >= 4 is 35.2 Å². The minimum atomic E-state index is -0.615. The molecule has 150 valence electrons. The van der Waals surface area contributed by atoms with E-state index in [1.807, 2.05) is 55.6 Å². The number of ether oxygens (including phenoxy) is 1. The summed E-state index contributed by atoms with van der Waals surface area (Å²) in [7, 11) is 0. The number of esters is 1.